The first-order valence-corrected chi connectivity index (χ1v) is 4.82. The molecule has 1 aliphatic rings. The highest BCUT2D eigenvalue weighted by Gasteiger charge is 2.11. The molecule has 0 saturated carbocycles. The Balaban J connectivity index is 2.24. The summed E-state index contributed by atoms with van der Waals surface area (Å²) in [5.74, 6) is 0. The lowest BCUT2D eigenvalue weighted by Gasteiger charge is -2.02. The van der Waals surface area contributed by atoms with Gasteiger partial charge in [0.25, 0.3) is 5.69 Å². The predicted molar refractivity (Wildman–Crippen MR) is 58.3 cm³/mol. The minimum atomic E-state index is -0.376. The molecule has 1 aromatic rings. The summed E-state index contributed by atoms with van der Waals surface area (Å²) < 4.78 is 0. The van der Waals surface area contributed by atoms with E-state index in [4.69, 9.17) is 0 Å². The predicted octanol–water partition coefficient (Wildman–Crippen LogP) is 2.27. The quantitative estimate of drug-likeness (QED) is 0.548. The average Bonchev–Trinajstić information content (AvgIpc) is 2.65. The van der Waals surface area contributed by atoms with Crippen LogP contribution >= 0.6 is 0 Å². The molecule has 0 atom stereocenters. The van der Waals surface area contributed by atoms with E-state index in [1.807, 2.05) is 19.2 Å². The van der Waals surface area contributed by atoms with Gasteiger partial charge in [-0.25, -0.2) is 0 Å². The molecule has 78 valence electrons. The van der Waals surface area contributed by atoms with Crippen molar-refractivity contribution in [3.8, 4) is 0 Å². The molecular weight excluding hydrogens is 192 g/mol. The van der Waals surface area contributed by atoms with Crippen molar-refractivity contribution in [1.29, 1.82) is 0 Å². The Morgan fingerprint density at radius 3 is 2.47 bits per heavy atom. The maximum Gasteiger partial charge on any atom is 0.269 e. The smallest absolute Gasteiger partial charge is 0.269 e. The average molecular weight is 204 g/mol. The van der Waals surface area contributed by atoms with Crippen molar-refractivity contribution in [2.75, 3.05) is 13.6 Å². The zero-order valence-electron chi connectivity index (χ0n) is 8.51. The normalized spacial score (nSPS) is 15.3. The molecule has 1 aromatic carbocycles. The van der Waals surface area contributed by atoms with Gasteiger partial charge in [-0.1, -0.05) is 0 Å². The summed E-state index contributed by atoms with van der Waals surface area (Å²) in [6.45, 7) is 1.02. The molecule has 0 radical (unpaired) electrons. The van der Waals surface area contributed by atoms with Gasteiger partial charge in [-0.2, -0.15) is 0 Å². The summed E-state index contributed by atoms with van der Waals surface area (Å²) in [5.41, 5.74) is 2.46. The summed E-state index contributed by atoms with van der Waals surface area (Å²) in [7, 11) is 2.03. The fourth-order valence-corrected chi connectivity index (χ4v) is 1.71. The van der Waals surface area contributed by atoms with E-state index in [1.165, 1.54) is 5.57 Å². The van der Waals surface area contributed by atoms with Gasteiger partial charge < -0.3 is 4.90 Å². The van der Waals surface area contributed by atoms with Gasteiger partial charge in [0.1, 0.15) is 0 Å². The molecule has 4 nitrogen and oxygen atoms in total. The molecule has 0 N–H and O–H groups in total. The standard InChI is InChI=1S/C11H12N2O2/c1-12-7-6-10(8-12)9-2-4-11(5-3-9)13(14)15/h2-5,8H,6-7H2,1H3. The summed E-state index contributed by atoms with van der Waals surface area (Å²) in [5, 5.41) is 10.5. The molecule has 0 aliphatic carbocycles. The summed E-state index contributed by atoms with van der Waals surface area (Å²) in [6.07, 6.45) is 3.09. The molecular formula is C11H12N2O2. The van der Waals surface area contributed by atoms with Gasteiger partial charge in [0.15, 0.2) is 0 Å². The molecule has 1 heterocycles. The van der Waals surface area contributed by atoms with Crippen LogP contribution in [0.15, 0.2) is 30.5 Å². The third kappa shape index (κ3) is 1.98. The molecule has 0 unspecified atom stereocenters. The van der Waals surface area contributed by atoms with E-state index in [-0.39, 0.29) is 10.6 Å². The van der Waals surface area contributed by atoms with Crippen molar-refractivity contribution in [1.82, 2.24) is 4.90 Å². The maximum absolute atomic E-state index is 10.5. The second-order valence-corrected chi connectivity index (χ2v) is 3.69. The maximum atomic E-state index is 10.5. The number of hydrogen-bond acceptors (Lipinski definition) is 3. The first-order valence-electron chi connectivity index (χ1n) is 4.82. The topological polar surface area (TPSA) is 46.4 Å². The monoisotopic (exact) mass is 204 g/mol. The van der Waals surface area contributed by atoms with E-state index in [2.05, 4.69) is 11.1 Å². The fraction of sp³-hybridized carbons (Fsp3) is 0.273. The van der Waals surface area contributed by atoms with E-state index in [0.717, 1.165) is 18.5 Å². The molecule has 0 bridgehead atoms. The van der Waals surface area contributed by atoms with E-state index in [1.54, 1.807) is 12.1 Å². The zero-order chi connectivity index (χ0) is 10.8. The van der Waals surface area contributed by atoms with E-state index in [0.29, 0.717) is 0 Å². The van der Waals surface area contributed by atoms with Crippen LogP contribution in [-0.2, 0) is 0 Å². The number of benzene rings is 1. The molecule has 15 heavy (non-hydrogen) atoms. The number of rotatable bonds is 2. The molecule has 0 spiro atoms. The highest BCUT2D eigenvalue weighted by atomic mass is 16.6. The Hall–Kier alpha value is -1.84. The van der Waals surface area contributed by atoms with Crippen LogP contribution in [0.2, 0.25) is 0 Å². The van der Waals surface area contributed by atoms with Crippen LogP contribution in [-0.4, -0.2) is 23.4 Å². The van der Waals surface area contributed by atoms with Crippen molar-refractivity contribution < 1.29 is 4.92 Å². The summed E-state index contributed by atoms with van der Waals surface area (Å²) in [4.78, 5) is 12.2. The molecule has 1 aliphatic heterocycles. The second kappa shape index (κ2) is 3.73. The van der Waals surface area contributed by atoms with Gasteiger partial charge in [-0.05, 0) is 29.7 Å². The van der Waals surface area contributed by atoms with Crippen LogP contribution in [0.1, 0.15) is 12.0 Å². The Labute approximate surface area is 88.0 Å². The molecule has 2 rings (SSSR count). The molecule has 4 heteroatoms. The Morgan fingerprint density at radius 2 is 2.00 bits per heavy atom. The number of non-ortho nitro benzene ring substituents is 1. The van der Waals surface area contributed by atoms with E-state index in [9.17, 15) is 10.1 Å². The van der Waals surface area contributed by atoms with E-state index >= 15 is 0 Å². The zero-order valence-corrected chi connectivity index (χ0v) is 8.51. The number of hydrogen-bond donors (Lipinski definition) is 0. The Morgan fingerprint density at radius 1 is 1.33 bits per heavy atom. The molecule has 0 aromatic heterocycles. The lowest BCUT2D eigenvalue weighted by atomic mass is 10.1. The van der Waals surface area contributed by atoms with Crippen molar-refractivity contribution in [2.24, 2.45) is 0 Å². The van der Waals surface area contributed by atoms with Crippen LogP contribution in [0.25, 0.3) is 5.57 Å². The van der Waals surface area contributed by atoms with Crippen molar-refractivity contribution in [2.45, 2.75) is 6.42 Å². The molecule has 0 fully saturated rings. The highest BCUT2D eigenvalue weighted by molar-refractivity contribution is 5.67. The van der Waals surface area contributed by atoms with Gasteiger partial charge in [-0.15, -0.1) is 0 Å². The summed E-state index contributed by atoms with van der Waals surface area (Å²) >= 11 is 0. The first kappa shape index (κ1) is 9.71. The Bertz CT molecular complexity index is 409. The van der Waals surface area contributed by atoms with Crippen LogP contribution in [0.3, 0.4) is 0 Å². The summed E-state index contributed by atoms with van der Waals surface area (Å²) in [6, 6.07) is 6.72. The third-order valence-electron chi connectivity index (χ3n) is 2.56. The van der Waals surface area contributed by atoms with Gasteiger partial charge in [-0.3, -0.25) is 10.1 Å². The van der Waals surface area contributed by atoms with Crippen LogP contribution in [0, 0.1) is 10.1 Å². The van der Waals surface area contributed by atoms with Gasteiger partial charge in [0.05, 0.1) is 4.92 Å². The minimum absolute atomic E-state index is 0.144. The lowest BCUT2D eigenvalue weighted by molar-refractivity contribution is -0.384. The lowest BCUT2D eigenvalue weighted by Crippen LogP contribution is -2.04. The number of nitrogens with zero attached hydrogens (tertiary/aromatic N) is 2. The third-order valence-corrected chi connectivity index (χ3v) is 2.56. The Kier molecular flexibility index (Phi) is 2.41. The fourth-order valence-electron chi connectivity index (χ4n) is 1.71. The second-order valence-electron chi connectivity index (χ2n) is 3.69. The van der Waals surface area contributed by atoms with Gasteiger partial charge in [0.2, 0.25) is 0 Å². The number of nitro benzene ring substituents is 1. The van der Waals surface area contributed by atoms with Crippen molar-refractivity contribution in [3.05, 3.63) is 46.1 Å². The first-order chi connectivity index (χ1) is 7.16. The van der Waals surface area contributed by atoms with E-state index < -0.39 is 0 Å². The van der Waals surface area contributed by atoms with Gasteiger partial charge >= 0.3 is 0 Å². The van der Waals surface area contributed by atoms with Gasteiger partial charge in [0, 0.05) is 31.9 Å². The van der Waals surface area contributed by atoms with Crippen LogP contribution in [0.5, 0.6) is 0 Å². The molecule has 0 amide bonds. The van der Waals surface area contributed by atoms with Crippen molar-refractivity contribution >= 4 is 11.3 Å². The van der Waals surface area contributed by atoms with Crippen LogP contribution in [0.4, 0.5) is 5.69 Å². The number of nitro groups is 1. The highest BCUT2D eigenvalue weighted by Crippen LogP contribution is 2.25. The minimum Gasteiger partial charge on any atom is -0.380 e. The SMILES string of the molecule is CN1C=C(c2ccc([N+](=O)[O-])cc2)CC1. The molecule has 0 saturated heterocycles. The van der Waals surface area contributed by atoms with Crippen LogP contribution < -0.4 is 0 Å². The van der Waals surface area contributed by atoms with Crippen molar-refractivity contribution in [3.63, 3.8) is 0 Å². The largest absolute Gasteiger partial charge is 0.380 e.